The van der Waals surface area contributed by atoms with Crippen LogP contribution in [0.25, 0.3) is 10.9 Å². The lowest BCUT2D eigenvalue weighted by Gasteiger charge is -2.16. The second-order valence-electron chi connectivity index (χ2n) is 5.39. The van der Waals surface area contributed by atoms with Gasteiger partial charge in [-0.1, -0.05) is 44.0 Å². The van der Waals surface area contributed by atoms with E-state index in [9.17, 15) is 0 Å². The van der Waals surface area contributed by atoms with Crippen molar-refractivity contribution >= 4 is 39.8 Å². The predicted molar refractivity (Wildman–Crippen MR) is 89.4 cm³/mol. The van der Waals surface area contributed by atoms with Crippen molar-refractivity contribution in [3.05, 3.63) is 33.4 Å². The van der Waals surface area contributed by atoms with Gasteiger partial charge in [-0.05, 0) is 37.0 Å². The first-order chi connectivity index (χ1) is 9.45. The normalized spacial score (nSPS) is 11.3. The van der Waals surface area contributed by atoms with Gasteiger partial charge in [-0.3, -0.25) is 4.98 Å². The van der Waals surface area contributed by atoms with Crippen molar-refractivity contribution in [2.45, 2.75) is 40.0 Å². The van der Waals surface area contributed by atoms with Crippen molar-refractivity contribution in [2.24, 2.45) is 0 Å². The van der Waals surface area contributed by atoms with E-state index >= 15 is 0 Å². The van der Waals surface area contributed by atoms with Gasteiger partial charge in [0.25, 0.3) is 0 Å². The number of halogens is 2. The summed E-state index contributed by atoms with van der Waals surface area (Å²) < 4.78 is 0. The van der Waals surface area contributed by atoms with Crippen LogP contribution in [0.1, 0.15) is 44.4 Å². The van der Waals surface area contributed by atoms with Crippen molar-refractivity contribution < 1.29 is 0 Å². The Balaban J connectivity index is 2.77. The zero-order valence-corrected chi connectivity index (χ0v) is 13.9. The summed E-state index contributed by atoms with van der Waals surface area (Å²) in [5, 5.41) is 5.75. The largest absolute Gasteiger partial charge is 0.384 e. The molecule has 2 rings (SSSR count). The molecule has 4 heteroatoms. The molecule has 108 valence electrons. The third-order valence-electron chi connectivity index (χ3n) is 3.33. The number of aryl methyl sites for hydroxylation is 1. The number of nitrogens with one attached hydrogen (secondary N) is 1. The summed E-state index contributed by atoms with van der Waals surface area (Å²) in [6, 6.07) is 3.97. The highest BCUT2D eigenvalue weighted by Gasteiger charge is 2.15. The Kier molecular flexibility index (Phi) is 4.77. The van der Waals surface area contributed by atoms with Crippen LogP contribution in [0.2, 0.25) is 10.0 Å². The molecule has 0 aliphatic rings. The maximum absolute atomic E-state index is 6.48. The third kappa shape index (κ3) is 2.87. The number of hydrogen-bond donors (Lipinski definition) is 1. The molecule has 20 heavy (non-hydrogen) atoms. The molecule has 0 saturated carbocycles. The number of pyridine rings is 1. The zero-order valence-electron chi connectivity index (χ0n) is 12.3. The van der Waals surface area contributed by atoms with Gasteiger partial charge in [0.15, 0.2) is 0 Å². The minimum atomic E-state index is 0.345. The summed E-state index contributed by atoms with van der Waals surface area (Å²) in [6.07, 6.45) is 1.05. The number of hydrogen-bond acceptors (Lipinski definition) is 2. The van der Waals surface area contributed by atoms with Crippen molar-refractivity contribution in [3.63, 3.8) is 0 Å². The van der Waals surface area contributed by atoms with Crippen LogP contribution in [0.5, 0.6) is 0 Å². The second kappa shape index (κ2) is 6.19. The molecule has 0 unspecified atom stereocenters. The molecule has 1 N–H and O–H groups in total. The van der Waals surface area contributed by atoms with E-state index in [1.165, 1.54) is 0 Å². The molecule has 0 saturated heterocycles. The lowest BCUT2D eigenvalue weighted by atomic mass is 10.0. The number of nitrogens with zero attached hydrogens (tertiary/aromatic N) is 1. The fraction of sp³-hybridized carbons (Fsp3) is 0.438. The minimum absolute atomic E-state index is 0.345. The number of fused-ring (bicyclic) bond motifs is 1. The fourth-order valence-electron chi connectivity index (χ4n) is 2.17. The molecule has 2 aromatic rings. The summed E-state index contributed by atoms with van der Waals surface area (Å²) >= 11 is 12.8. The smallest absolute Gasteiger partial charge is 0.0927 e. The van der Waals surface area contributed by atoms with Gasteiger partial charge in [0.2, 0.25) is 0 Å². The van der Waals surface area contributed by atoms with Crippen molar-refractivity contribution in [1.82, 2.24) is 4.98 Å². The van der Waals surface area contributed by atoms with Crippen LogP contribution in [0.3, 0.4) is 0 Å². The molecule has 0 radical (unpaired) electrons. The first-order valence-electron chi connectivity index (χ1n) is 6.98. The summed E-state index contributed by atoms with van der Waals surface area (Å²) in [5.41, 5.74) is 3.81. The van der Waals surface area contributed by atoms with Gasteiger partial charge in [0.05, 0.1) is 15.6 Å². The van der Waals surface area contributed by atoms with Gasteiger partial charge in [-0.25, -0.2) is 0 Å². The van der Waals surface area contributed by atoms with Crippen molar-refractivity contribution in [1.29, 1.82) is 0 Å². The molecule has 0 aliphatic heterocycles. The van der Waals surface area contributed by atoms with Crippen LogP contribution in [0, 0.1) is 6.92 Å². The molecule has 2 nitrogen and oxygen atoms in total. The first kappa shape index (κ1) is 15.4. The van der Waals surface area contributed by atoms with Crippen LogP contribution in [-0.2, 0) is 0 Å². The van der Waals surface area contributed by atoms with Crippen LogP contribution in [0.15, 0.2) is 12.1 Å². The molecule has 0 atom stereocenters. The van der Waals surface area contributed by atoms with E-state index in [2.05, 4.69) is 37.1 Å². The molecule has 1 aromatic heterocycles. The lowest BCUT2D eigenvalue weighted by Crippen LogP contribution is -2.04. The van der Waals surface area contributed by atoms with E-state index in [0.29, 0.717) is 10.9 Å². The van der Waals surface area contributed by atoms with Gasteiger partial charge >= 0.3 is 0 Å². The number of aromatic nitrogens is 1. The van der Waals surface area contributed by atoms with E-state index in [1.54, 1.807) is 0 Å². The SMILES string of the molecule is CCCNc1cc(C(C)C)nc2c(Cl)cc(C)c(Cl)c12. The van der Waals surface area contributed by atoms with Crippen LogP contribution in [-0.4, -0.2) is 11.5 Å². The predicted octanol–water partition coefficient (Wildman–Crippen LogP) is 5.80. The van der Waals surface area contributed by atoms with Gasteiger partial charge in [-0.2, -0.15) is 0 Å². The first-order valence-corrected chi connectivity index (χ1v) is 7.74. The maximum Gasteiger partial charge on any atom is 0.0927 e. The average Bonchev–Trinajstić information content (AvgIpc) is 2.41. The Labute approximate surface area is 130 Å². The standard InChI is InChI=1S/C16H20Cl2N2/c1-5-6-19-13-8-12(9(2)3)20-16-11(17)7-10(4)15(18)14(13)16/h7-9H,5-6H2,1-4H3,(H,19,20). The van der Waals surface area contributed by atoms with E-state index in [0.717, 1.165) is 45.8 Å². The van der Waals surface area contributed by atoms with E-state index in [4.69, 9.17) is 23.2 Å². The lowest BCUT2D eigenvalue weighted by molar-refractivity contribution is 0.829. The van der Waals surface area contributed by atoms with Crippen molar-refractivity contribution in [2.75, 3.05) is 11.9 Å². The van der Waals surface area contributed by atoms with E-state index in [1.807, 2.05) is 13.0 Å². The van der Waals surface area contributed by atoms with Gasteiger partial charge < -0.3 is 5.32 Å². The van der Waals surface area contributed by atoms with E-state index < -0.39 is 0 Å². The fourth-order valence-corrected chi connectivity index (χ4v) is 2.72. The van der Waals surface area contributed by atoms with Crippen molar-refractivity contribution in [3.8, 4) is 0 Å². The maximum atomic E-state index is 6.48. The zero-order chi connectivity index (χ0) is 14.9. The highest BCUT2D eigenvalue weighted by molar-refractivity contribution is 6.41. The van der Waals surface area contributed by atoms with Crippen LogP contribution < -0.4 is 5.32 Å². The number of anilines is 1. The highest BCUT2D eigenvalue weighted by Crippen LogP contribution is 2.37. The molecule has 1 aromatic carbocycles. The summed E-state index contributed by atoms with van der Waals surface area (Å²) in [5.74, 6) is 0.345. The quantitative estimate of drug-likeness (QED) is 0.772. The molecule has 0 fully saturated rings. The molecule has 0 spiro atoms. The van der Waals surface area contributed by atoms with E-state index in [-0.39, 0.29) is 0 Å². The molecule has 1 heterocycles. The molecular weight excluding hydrogens is 291 g/mol. The average molecular weight is 311 g/mol. The Hall–Kier alpha value is -0.990. The van der Waals surface area contributed by atoms with Crippen LogP contribution >= 0.6 is 23.2 Å². The number of benzene rings is 1. The second-order valence-corrected chi connectivity index (χ2v) is 6.17. The van der Waals surface area contributed by atoms with Crippen LogP contribution in [0.4, 0.5) is 5.69 Å². The summed E-state index contributed by atoms with van der Waals surface area (Å²) in [4.78, 5) is 4.69. The molecule has 0 aliphatic carbocycles. The molecule has 0 amide bonds. The summed E-state index contributed by atoms with van der Waals surface area (Å²) in [6.45, 7) is 9.26. The number of rotatable bonds is 4. The summed E-state index contributed by atoms with van der Waals surface area (Å²) in [7, 11) is 0. The highest BCUT2D eigenvalue weighted by atomic mass is 35.5. The minimum Gasteiger partial charge on any atom is -0.384 e. The Morgan fingerprint density at radius 3 is 2.55 bits per heavy atom. The van der Waals surface area contributed by atoms with Gasteiger partial charge in [-0.15, -0.1) is 0 Å². The van der Waals surface area contributed by atoms with Gasteiger partial charge in [0, 0.05) is 23.3 Å². The molecular formula is C16H20Cl2N2. The topological polar surface area (TPSA) is 24.9 Å². The molecule has 0 bridgehead atoms. The monoisotopic (exact) mass is 310 g/mol. The Morgan fingerprint density at radius 1 is 1.25 bits per heavy atom. The van der Waals surface area contributed by atoms with Gasteiger partial charge in [0.1, 0.15) is 0 Å². The Bertz CT molecular complexity index is 636. The Morgan fingerprint density at radius 2 is 1.95 bits per heavy atom. The third-order valence-corrected chi connectivity index (χ3v) is 4.11.